The molecule has 3 N–H and O–H groups in total. The molecule has 1 amide bonds. The number of aromatic nitrogens is 2. The van der Waals surface area contributed by atoms with Crippen LogP contribution in [0.5, 0.6) is 0 Å². The molecule has 1 heterocycles. The maximum absolute atomic E-state index is 11.8. The molecule has 6 heteroatoms. The lowest BCUT2D eigenvalue weighted by molar-refractivity contribution is -0.150. The fourth-order valence-corrected chi connectivity index (χ4v) is 1.16. The van der Waals surface area contributed by atoms with Gasteiger partial charge in [0.05, 0.1) is 11.0 Å². The molecule has 17 heavy (non-hydrogen) atoms. The van der Waals surface area contributed by atoms with Gasteiger partial charge in [-0.05, 0) is 33.8 Å². The maximum Gasteiger partial charge on any atom is 0.311 e. The number of carboxylic acids is 1. The molecule has 0 atom stereocenters. The van der Waals surface area contributed by atoms with Crippen LogP contribution < -0.4 is 5.32 Å². The van der Waals surface area contributed by atoms with Crippen molar-refractivity contribution >= 4 is 11.9 Å². The standard InChI is InChI=1S/C11H17N3O3/c1-10(2,9(16)17)11(3,4)13-8(15)7-5-6-12-14-7/h5-6H,1-4H3,(H,12,14)(H,13,15)(H,16,17). The van der Waals surface area contributed by atoms with Gasteiger partial charge >= 0.3 is 5.97 Å². The summed E-state index contributed by atoms with van der Waals surface area (Å²) < 4.78 is 0. The van der Waals surface area contributed by atoms with Crippen LogP contribution in [0, 0.1) is 5.41 Å². The summed E-state index contributed by atoms with van der Waals surface area (Å²) >= 11 is 0. The van der Waals surface area contributed by atoms with Crippen LogP contribution in [-0.2, 0) is 4.79 Å². The summed E-state index contributed by atoms with van der Waals surface area (Å²) in [5.41, 5.74) is -1.66. The van der Waals surface area contributed by atoms with Crippen molar-refractivity contribution in [3.63, 3.8) is 0 Å². The van der Waals surface area contributed by atoms with Crippen LogP contribution in [0.1, 0.15) is 38.2 Å². The van der Waals surface area contributed by atoms with Gasteiger partial charge in [-0.2, -0.15) is 5.10 Å². The molecular formula is C11H17N3O3. The molecule has 0 aromatic carbocycles. The smallest absolute Gasteiger partial charge is 0.311 e. The fourth-order valence-electron chi connectivity index (χ4n) is 1.16. The highest BCUT2D eigenvalue weighted by molar-refractivity contribution is 5.93. The summed E-state index contributed by atoms with van der Waals surface area (Å²) in [6, 6.07) is 1.53. The van der Waals surface area contributed by atoms with E-state index in [1.807, 2.05) is 0 Å². The zero-order valence-electron chi connectivity index (χ0n) is 10.4. The molecule has 1 aromatic rings. The predicted octanol–water partition coefficient (Wildman–Crippen LogP) is 1.03. The molecule has 0 unspecified atom stereocenters. The molecule has 6 nitrogen and oxygen atoms in total. The number of aromatic amines is 1. The van der Waals surface area contributed by atoms with E-state index < -0.39 is 16.9 Å². The monoisotopic (exact) mass is 239 g/mol. The number of aliphatic carboxylic acids is 1. The minimum absolute atomic E-state index is 0.305. The van der Waals surface area contributed by atoms with Crippen LogP contribution in [-0.4, -0.2) is 32.7 Å². The Kier molecular flexibility index (Phi) is 3.26. The van der Waals surface area contributed by atoms with Gasteiger partial charge in [0.15, 0.2) is 0 Å². The summed E-state index contributed by atoms with van der Waals surface area (Å²) in [4.78, 5) is 23.0. The van der Waals surface area contributed by atoms with E-state index in [9.17, 15) is 9.59 Å². The van der Waals surface area contributed by atoms with Crippen LogP contribution in [0.15, 0.2) is 12.3 Å². The first-order valence-corrected chi connectivity index (χ1v) is 5.24. The Morgan fingerprint density at radius 1 is 1.35 bits per heavy atom. The molecular weight excluding hydrogens is 222 g/mol. The summed E-state index contributed by atoms with van der Waals surface area (Å²) in [6.07, 6.45) is 1.46. The molecule has 0 aliphatic heterocycles. The average molecular weight is 239 g/mol. The summed E-state index contributed by atoms with van der Waals surface area (Å²) in [5, 5.41) is 18.0. The molecule has 0 aliphatic rings. The zero-order valence-corrected chi connectivity index (χ0v) is 10.4. The third-order valence-corrected chi connectivity index (χ3v) is 3.27. The minimum Gasteiger partial charge on any atom is -0.481 e. The summed E-state index contributed by atoms with van der Waals surface area (Å²) in [6.45, 7) is 6.50. The number of hydrogen-bond acceptors (Lipinski definition) is 3. The van der Waals surface area contributed by atoms with E-state index in [4.69, 9.17) is 5.11 Å². The third kappa shape index (κ3) is 2.46. The second kappa shape index (κ2) is 4.20. The van der Waals surface area contributed by atoms with Gasteiger partial charge in [-0.15, -0.1) is 0 Å². The number of nitrogens with one attached hydrogen (secondary N) is 2. The van der Waals surface area contributed by atoms with Crippen LogP contribution in [0.3, 0.4) is 0 Å². The van der Waals surface area contributed by atoms with E-state index in [0.717, 1.165) is 0 Å². The quantitative estimate of drug-likeness (QED) is 0.731. The summed E-state index contributed by atoms with van der Waals surface area (Å²) in [5.74, 6) is -1.34. The van der Waals surface area contributed by atoms with E-state index in [1.165, 1.54) is 12.3 Å². The van der Waals surface area contributed by atoms with Gasteiger partial charge in [0.25, 0.3) is 5.91 Å². The van der Waals surface area contributed by atoms with Gasteiger partial charge < -0.3 is 10.4 Å². The van der Waals surface area contributed by atoms with Crippen LogP contribution >= 0.6 is 0 Å². The molecule has 94 valence electrons. The van der Waals surface area contributed by atoms with Gasteiger partial charge in [-0.3, -0.25) is 14.7 Å². The molecule has 0 spiro atoms. The average Bonchev–Trinajstić information content (AvgIpc) is 2.68. The van der Waals surface area contributed by atoms with Crippen LogP contribution in [0.2, 0.25) is 0 Å². The van der Waals surface area contributed by atoms with E-state index >= 15 is 0 Å². The lowest BCUT2D eigenvalue weighted by Crippen LogP contribution is -2.57. The van der Waals surface area contributed by atoms with Crippen LogP contribution in [0.25, 0.3) is 0 Å². The number of carboxylic acid groups (broad SMARTS) is 1. The Morgan fingerprint density at radius 2 is 1.94 bits per heavy atom. The molecule has 1 aromatic heterocycles. The van der Waals surface area contributed by atoms with E-state index in [2.05, 4.69) is 15.5 Å². The molecule has 0 bridgehead atoms. The molecule has 1 rings (SSSR count). The number of hydrogen-bond donors (Lipinski definition) is 3. The van der Waals surface area contributed by atoms with Crippen molar-refractivity contribution < 1.29 is 14.7 Å². The fraction of sp³-hybridized carbons (Fsp3) is 0.545. The number of rotatable bonds is 4. The SMILES string of the molecule is CC(C)(NC(=O)c1ccn[nH]1)C(C)(C)C(=O)O. The van der Waals surface area contributed by atoms with Crippen molar-refractivity contribution in [1.82, 2.24) is 15.5 Å². The third-order valence-electron chi connectivity index (χ3n) is 3.27. The molecule has 0 saturated heterocycles. The number of nitrogens with zero attached hydrogens (tertiary/aromatic N) is 1. The minimum atomic E-state index is -1.08. The van der Waals surface area contributed by atoms with Crippen molar-refractivity contribution in [2.24, 2.45) is 5.41 Å². The van der Waals surface area contributed by atoms with Gasteiger partial charge in [0.1, 0.15) is 5.69 Å². The Morgan fingerprint density at radius 3 is 2.35 bits per heavy atom. The Balaban J connectivity index is 2.87. The lowest BCUT2D eigenvalue weighted by atomic mass is 9.74. The van der Waals surface area contributed by atoms with Gasteiger partial charge in [0, 0.05) is 6.20 Å². The van der Waals surface area contributed by atoms with E-state index in [-0.39, 0.29) is 5.91 Å². The first kappa shape index (κ1) is 13.2. The Hall–Kier alpha value is -1.85. The normalized spacial score (nSPS) is 12.2. The van der Waals surface area contributed by atoms with Crippen molar-refractivity contribution in [1.29, 1.82) is 0 Å². The van der Waals surface area contributed by atoms with Gasteiger partial charge in [-0.1, -0.05) is 0 Å². The number of carbonyl (C=O) groups is 2. The predicted molar refractivity (Wildman–Crippen MR) is 61.5 cm³/mol. The number of carbonyl (C=O) groups excluding carboxylic acids is 1. The highest BCUT2D eigenvalue weighted by Gasteiger charge is 2.44. The molecule has 0 radical (unpaired) electrons. The topological polar surface area (TPSA) is 95.1 Å². The van der Waals surface area contributed by atoms with Gasteiger partial charge in [0.2, 0.25) is 0 Å². The van der Waals surface area contributed by atoms with Gasteiger partial charge in [-0.25, -0.2) is 0 Å². The van der Waals surface area contributed by atoms with Crippen molar-refractivity contribution in [2.45, 2.75) is 33.2 Å². The Labute approximate surface area is 99.4 Å². The molecule has 0 aliphatic carbocycles. The summed E-state index contributed by atoms with van der Waals surface area (Å²) in [7, 11) is 0. The second-order valence-electron chi connectivity index (χ2n) is 4.98. The van der Waals surface area contributed by atoms with Crippen molar-refractivity contribution in [3.8, 4) is 0 Å². The number of amides is 1. The Bertz CT molecular complexity index is 421. The largest absolute Gasteiger partial charge is 0.481 e. The van der Waals surface area contributed by atoms with Crippen LogP contribution in [0.4, 0.5) is 0 Å². The van der Waals surface area contributed by atoms with E-state index in [0.29, 0.717) is 5.69 Å². The first-order chi connectivity index (χ1) is 7.68. The maximum atomic E-state index is 11.8. The van der Waals surface area contributed by atoms with E-state index in [1.54, 1.807) is 27.7 Å². The molecule has 0 fully saturated rings. The second-order valence-corrected chi connectivity index (χ2v) is 4.98. The van der Waals surface area contributed by atoms with Crippen molar-refractivity contribution in [2.75, 3.05) is 0 Å². The van der Waals surface area contributed by atoms with Crippen molar-refractivity contribution in [3.05, 3.63) is 18.0 Å². The highest BCUT2D eigenvalue weighted by Crippen LogP contribution is 2.30. The first-order valence-electron chi connectivity index (χ1n) is 5.24. The number of H-pyrrole nitrogens is 1. The lowest BCUT2D eigenvalue weighted by Gasteiger charge is -2.38. The molecule has 0 saturated carbocycles. The highest BCUT2D eigenvalue weighted by atomic mass is 16.4. The zero-order chi connectivity index (χ0) is 13.3.